The fourth-order valence-electron chi connectivity index (χ4n) is 2.43. The van der Waals surface area contributed by atoms with Crippen molar-refractivity contribution < 1.29 is 4.79 Å². The Kier molecular flexibility index (Phi) is 3.41. The summed E-state index contributed by atoms with van der Waals surface area (Å²) in [4.78, 5) is 15.9. The summed E-state index contributed by atoms with van der Waals surface area (Å²) >= 11 is 0. The number of carbonyl (C=O) groups excluding carboxylic acids is 1. The van der Waals surface area contributed by atoms with Crippen LogP contribution < -0.4 is 0 Å². The Bertz CT molecular complexity index is 472. The van der Waals surface area contributed by atoms with Gasteiger partial charge in [-0.25, -0.2) is 0 Å². The molecule has 90 valence electrons. The van der Waals surface area contributed by atoms with E-state index in [4.69, 9.17) is 0 Å². The van der Waals surface area contributed by atoms with Gasteiger partial charge < -0.3 is 0 Å². The molecule has 0 fully saturated rings. The molecule has 0 saturated heterocycles. The highest BCUT2D eigenvalue weighted by molar-refractivity contribution is 5.93. The van der Waals surface area contributed by atoms with Crippen molar-refractivity contribution in [3.05, 3.63) is 35.2 Å². The van der Waals surface area contributed by atoms with Crippen LogP contribution in [0.15, 0.2) is 24.0 Å². The van der Waals surface area contributed by atoms with Gasteiger partial charge in [0.05, 0.1) is 0 Å². The van der Waals surface area contributed by atoms with Crippen LogP contribution in [0.4, 0.5) is 0 Å². The smallest absolute Gasteiger partial charge is 0.137 e. The van der Waals surface area contributed by atoms with E-state index >= 15 is 0 Å². The SMILES string of the molecule is CCC(=O)CC1=C(C(C)C)Cc2cnccc21. The monoisotopic (exact) mass is 229 g/mol. The molecule has 0 unspecified atom stereocenters. The van der Waals surface area contributed by atoms with Crippen molar-refractivity contribution in [2.24, 2.45) is 5.92 Å². The van der Waals surface area contributed by atoms with Gasteiger partial charge in [0, 0.05) is 25.2 Å². The Morgan fingerprint density at radius 3 is 2.88 bits per heavy atom. The maximum absolute atomic E-state index is 11.7. The molecule has 0 saturated carbocycles. The van der Waals surface area contributed by atoms with Crippen LogP contribution in [0.1, 0.15) is 44.7 Å². The second-order valence-corrected chi connectivity index (χ2v) is 4.94. The van der Waals surface area contributed by atoms with E-state index in [9.17, 15) is 4.79 Å². The lowest BCUT2D eigenvalue weighted by atomic mass is 9.94. The first-order valence-electron chi connectivity index (χ1n) is 6.30. The summed E-state index contributed by atoms with van der Waals surface area (Å²) in [6.45, 7) is 6.33. The molecule has 0 N–H and O–H groups in total. The van der Waals surface area contributed by atoms with E-state index in [2.05, 4.69) is 18.8 Å². The van der Waals surface area contributed by atoms with Crippen LogP contribution in [0.3, 0.4) is 0 Å². The minimum absolute atomic E-state index is 0.322. The predicted octanol–water partition coefficient (Wildman–Crippen LogP) is 3.42. The van der Waals surface area contributed by atoms with Crippen molar-refractivity contribution in [3.8, 4) is 0 Å². The second kappa shape index (κ2) is 4.82. The van der Waals surface area contributed by atoms with Gasteiger partial charge in [-0.1, -0.05) is 26.3 Å². The van der Waals surface area contributed by atoms with Crippen LogP contribution in [0, 0.1) is 5.92 Å². The Hall–Kier alpha value is -1.44. The number of allylic oxidation sites excluding steroid dienone is 2. The van der Waals surface area contributed by atoms with Crippen LogP contribution in [0.2, 0.25) is 0 Å². The quantitative estimate of drug-likeness (QED) is 0.792. The minimum atomic E-state index is 0.322. The summed E-state index contributed by atoms with van der Waals surface area (Å²) in [6, 6.07) is 2.04. The van der Waals surface area contributed by atoms with Gasteiger partial charge in [-0.3, -0.25) is 9.78 Å². The summed E-state index contributed by atoms with van der Waals surface area (Å²) in [7, 11) is 0. The lowest BCUT2D eigenvalue weighted by Gasteiger charge is -2.10. The Morgan fingerprint density at radius 1 is 1.47 bits per heavy atom. The van der Waals surface area contributed by atoms with Gasteiger partial charge in [-0.05, 0) is 35.1 Å². The lowest BCUT2D eigenvalue weighted by Crippen LogP contribution is -2.00. The van der Waals surface area contributed by atoms with Crippen molar-refractivity contribution in [1.29, 1.82) is 0 Å². The number of rotatable bonds is 4. The van der Waals surface area contributed by atoms with E-state index in [0.29, 0.717) is 24.5 Å². The molecule has 1 aromatic heterocycles. The molecule has 2 rings (SSSR count). The number of nitrogens with zero attached hydrogens (tertiary/aromatic N) is 1. The third-order valence-corrected chi connectivity index (χ3v) is 3.46. The summed E-state index contributed by atoms with van der Waals surface area (Å²) in [5.41, 5.74) is 5.18. The highest BCUT2D eigenvalue weighted by atomic mass is 16.1. The number of pyridine rings is 1. The second-order valence-electron chi connectivity index (χ2n) is 4.94. The molecular weight excluding hydrogens is 210 g/mol. The van der Waals surface area contributed by atoms with Crippen molar-refractivity contribution >= 4 is 11.4 Å². The average molecular weight is 229 g/mol. The van der Waals surface area contributed by atoms with E-state index < -0.39 is 0 Å². The summed E-state index contributed by atoms with van der Waals surface area (Å²) < 4.78 is 0. The molecule has 0 aliphatic heterocycles. The molecule has 0 aromatic carbocycles. The zero-order valence-electron chi connectivity index (χ0n) is 10.8. The minimum Gasteiger partial charge on any atom is -0.299 e. The van der Waals surface area contributed by atoms with Gasteiger partial charge in [0.1, 0.15) is 5.78 Å². The third kappa shape index (κ3) is 2.31. The molecule has 0 radical (unpaired) electrons. The van der Waals surface area contributed by atoms with Gasteiger partial charge in [-0.2, -0.15) is 0 Å². The molecule has 0 atom stereocenters. The summed E-state index contributed by atoms with van der Waals surface area (Å²) in [5.74, 6) is 0.824. The number of Topliss-reactive ketones (excluding diaryl/α,β-unsaturated/α-hetero) is 1. The van der Waals surface area contributed by atoms with Gasteiger partial charge in [-0.15, -0.1) is 0 Å². The average Bonchev–Trinajstić information content (AvgIpc) is 2.68. The van der Waals surface area contributed by atoms with Crippen LogP contribution >= 0.6 is 0 Å². The van der Waals surface area contributed by atoms with Crippen molar-refractivity contribution in [2.45, 2.75) is 40.0 Å². The van der Waals surface area contributed by atoms with E-state index in [1.54, 1.807) is 0 Å². The first kappa shape index (κ1) is 12.0. The molecule has 2 heteroatoms. The number of aromatic nitrogens is 1. The number of fused-ring (bicyclic) bond motifs is 1. The first-order chi connectivity index (χ1) is 8.13. The Morgan fingerprint density at radius 2 is 2.24 bits per heavy atom. The van der Waals surface area contributed by atoms with Crippen LogP contribution in [0.5, 0.6) is 0 Å². The molecule has 1 heterocycles. The van der Waals surface area contributed by atoms with Crippen molar-refractivity contribution in [1.82, 2.24) is 4.98 Å². The number of ketones is 1. The predicted molar refractivity (Wildman–Crippen MR) is 69.6 cm³/mol. The summed E-state index contributed by atoms with van der Waals surface area (Å²) in [5, 5.41) is 0. The van der Waals surface area contributed by atoms with Crippen LogP contribution in [-0.4, -0.2) is 10.8 Å². The first-order valence-corrected chi connectivity index (χ1v) is 6.30. The molecule has 0 spiro atoms. The fraction of sp³-hybridized carbons (Fsp3) is 0.467. The van der Waals surface area contributed by atoms with Crippen molar-refractivity contribution in [2.75, 3.05) is 0 Å². The van der Waals surface area contributed by atoms with E-state index in [1.807, 2.05) is 25.4 Å². The zero-order valence-corrected chi connectivity index (χ0v) is 10.8. The molecule has 1 aliphatic carbocycles. The van der Waals surface area contributed by atoms with E-state index in [1.165, 1.54) is 22.3 Å². The molecular formula is C15H19NO. The highest BCUT2D eigenvalue weighted by Gasteiger charge is 2.24. The highest BCUT2D eigenvalue weighted by Crippen LogP contribution is 2.38. The molecule has 1 aliphatic rings. The number of carbonyl (C=O) groups is 1. The van der Waals surface area contributed by atoms with E-state index in [-0.39, 0.29) is 0 Å². The molecule has 17 heavy (non-hydrogen) atoms. The molecule has 2 nitrogen and oxygen atoms in total. The Labute approximate surface area is 103 Å². The Balaban J connectivity index is 2.39. The van der Waals surface area contributed by atoms with Crippen LogP contribution in [0.25, 0.3) is 5.57 Å². The molecule has 1 aromatic rings. The lowest BCUT2D eigenvalue weighted by molar-refractivity contribution is -0.117. The van der Waals surface area contributed by atoms with Gasteiger partial charge in [0.2, 0.25) is 0 Å². The summed E-state index contributed by atoms with van der Waals surface area (Å²) in [6.07, 6.45) is 5.92. The van der Waals surface area contributed by atoms with Gasteiger partial charge in [0.15, 0.2) is 0 Å². The standard InChI is InChI=1S/C15H19NO/c1-4-12(17)8-15-13-5-6-16-9-11(13)7-14(15)10(2)3/h5-6,9-10H,4,7-8H2,1-3H3. The van der Waals surface area contributed by atoms with E-state index in [0.717, 1.165) is 6.42 Å². The zero-order chi connectivity index (χ0) is 12.4. The molecule has 0 amide bonds. The topological polar surface area (TPSA) is 30.0 Å². The number of hydrogen-bond acceptors (Lipinski definition) is 2. The van der Waals surface area contributed by atoms with Gasteiger partial charge >= 0.3 is 0 Å². The maximum atomic E-state index is 11.7. The number of hydrogen-bond donors (Lipinski definition) is 0. The third-order valence-electron chi connectivity index (χ3n) is 3.46. The molecule has 0 bridgehead atoms. The van der Waals surface area contributed by atoms with Crippen molar-refractivity contribution in [3.63, 3.8) is 0 Å². The largest absolute Gasteiger partial charge is 0.299 e. The maximum Gasteiger partial charge on any atom is 0.137 e. The normalized spacial score (nSPS) is 14.4. The van der Waals surface area contributed by atoms with Crippen LogP contribution in [-0.2, 0) is 11.2 Å². The van der Waals surface area contributed by atoms with Gasteiger partial charge in [0.25, 0.3) is 0 Å². The fourth-order valence-corrected chi connectivity index (χ4v) is 2.43.